The van der Waals surface area contributed by atoms with Crippen LogP contribution in [0.15, 0.2) is 30.3 Å². The van der Waals surface area contributed by atoms with Gasteiger partial charge in [0.1, 0.15) is 0 Å². The first-order valence-corrected chi connectivity index (χ1v) is 15.0. The summed E-state index contributed by atoms with van der Waals surface area (Å²) < 4.78 is 0. The molecule has 0 radical (unpaired) electrons. The normalized spacial score (nSPS) is 12.5. The molecule has 4 N–H and O–H groups in total. The fourth-order valence-corrected chi connectivity index (χ4v) is 5.77. The molecule has 0 heterocycles. The van der Waals surface area contributed by atoms with Crippen LogP contribution in [0.25, 0.3) is 0 Å². The van der Waals surface area contributed by atoms with Crippen molar-refractivity contribution >= 4 is 0 Å². The Kier molecular flexibility index (Phi) is 22.0. The van der Waals surface area contributed by atoms with Crippen LogP contribution in [0.5, 0.6) is 0 Å². The largest absolute Gasteiger partial charge is 0.412 e. The zero-order valence-electron chi connectivity index (χ0n) is 23.4. The molecule has 0 saturated heterocycles. The van der Waals surface area contributed by atoms with Crippen molar-refractivity contribution in [3.63, 3.8) is 0 Å². The first-order valence-electron chi connectivity index (χ1n) is 15.0. The highest BCUT2D eigenvalue weighted by Crippen LogP contribution is 2.37. The minimum Gasteiger partial charge on any atom is -0.412 e. The minimum absolute atomic E-state index is 0. The van der Waals surface area contributed by atoms with Crippen LogP contribution in [-0.2, 0) is 0 Å². The highest BCUT2D eigenvalue weighted by Gasteiger charge is 2.33. The monoisotopic (exact) mass is 475 g/mol. The maximum absolute atomic E-state index is 7.06. The summed E-state index contributed by atoms with van der Waals surface area (Å²) in [4.78, 5) is 0. The number of rotatable bonds is 23. The van der Waals surface area contributed by atoms with E-state index >= 15 is 0 Å². The molecule has 1 aromatic carbocycles. The molecule has 34 heavy (non-hydrogen) atoms. The molecule has 0 aliphatic heterocycles. The molecule has 1 aromatic rings. The Labute approximate surface area is 214 Å². The van der Waals surface area contributed by atoms with E-state index in [1.54, 1.807) is 0 Å². The van der Waals surface area contributed by atoms with Crippen molar-refractivity contribution in [3.8, 4) is 0 Å². The minimum atomic E-state index is -0.0413. The van der Waals surface area contributed by atoms with Gasteiger partial charge in [0.05, 0.1) is 0 Å². The second-order valence-corrected chi connectivity index (χ2v) is 10.8. The lowest BCUT2D eigenvalue weighted by molar-refractivity contribution is 0.275. The summed E-state index contributed by atoms with van der Waals surface area (Å²) in [6.45, 7) is 6.87. The lowest BCUT2D eigenvalue weighted by Gasteiger charge is -2.38. The molecule has 1 atom stereocenters. The van der Waals surface area contributed by atoms with Gasteiger partial charge in [0.25, 0.3) is 0 Å². The average Bonchev–Trinajstić information content (AvgIpc) is 2.82. The van der Waals surface area contributed by atoms with Crippen molar-refractivity contribution in [1.82, 2.24) is 0 Å². The van der Waals surface area contributed by atoms with Crippen molar-refractivity contribution in [2.75, 3.05) is 0 Å². The number of hydrogen-bond acceptors (Lipinski definition) is 1. The summed E-state index contributed by atoms with van der Waals surface area (Å²) >= 11 is 0. The Balaban J connectivity index is 0.0000109. The first kappa shape index (κ1) is 33.1. The van der Waals surface area contributed by atoms with E-state index < -0.39 is 0 Å². The lowest BCUT2D eigenvalue weighted by Crippen LogP contribution is -2.45. The number of hydrogen-bond donors (Lipinski definition) is 1. The molecular formula is C32H61NO. The van der Waals surface area contributed by atoms with E-state index in [4.69, 9.17) is 5.73 Å². The van der Waals surface area contributed by atoms with Gasteiger partial charge in [-0.3, -0.25) is 0 Å². The Morgan fingerprint density at radius 2 is 0.941 bits per heavy atom. The summed E-state index contributed by atoms with van der Waals surface area (Å²) in [5, 5.41) is 0. The predicted octanol–water partition coefficient (Wildman–Crippen LogP) is 9.89. The van der Waals surface area contributed by atoms with Gasteiger partial charge in [0, 0.05) is 11.5 Å². The summed E-state index contributed by atoms with van der Waals surface area (Å²) in [5.41, 5.74) is 8.48. The second-order valence-electron chi connectivity index (χ2n) is 10.8. The molecular weight excluding hydrogens is 414 g/mol. The standard InChI is InChI=1S/C32H59N.H2O/c1-4-7-8-9-10-11-12-13-14-15-16-17-18-19-20-24-27-31(30-25-22-21-23-26-30)32(33,28-5-2)29-6-3;/h21-23,25-26,31H,4-20,24,27-29,33H2,1-3H3;1H2. The average molecular weight is 476 g/mol. The smallest absolute Gasteiger partial charge is 0.0223 e. The molecule has 0 aliphatic carbocycles. The molecule has 0 amide bonds. The van der Waals surface area contributed by atoms with Crippen LogP contribution >= 0.6 is 0 Å². The summed E-state index contributed by atoms with van der Waals surface area (Å²) in [6.07, 6.45) is 28.8. The summed E-state index contributed by atoms with van der Waals surface area (Å²) in [7, 11) is 0. The molecule has 0 spiro atoms. The molecule has 1 rings (SSSR count). The van der Waals surface area contributed by atoms with Crippen LogP contribution in [0.1, 0.15) is 167 Å². The van der Waals surface area contributed by atoms with Crippen molar-refractivity contribution in [1.29, 1.82) is 0 Å². The van der Waals surface area contributed by atoms with Crippen molar-refractivity contribution < 1.29 is 5.48 Å². The number of nitrogens with two attached hydrogens (primary N) is 1. The zero-order valence-corrected chi connectivity index (χ0v) is 23.4. The number of unbranched alkanes of at least 4 members (excludes halogenated alkanes) is 15. The van der Waals surface area contributed by atoms with Gasteiger partial charge in [0.15, 0.2) is 0 Å². The van der Waals surface area contributed by atoms with E-state index in [0.717, 1.165) is 12.8 Å². The highest BCUT2D eigenvalue weighted by atomic mass is 16.0. The maximum Gasteiger partial charge on any atom is 0.0223 e. The molecule has 0 saturated carbocycles. The summed E-state index contributed by atoms with van der Waals surface area (Å²) in [5.74, 6) is 0.505. The van der Waals surface area contributed by atoms with E-state index in [1.165, 1.54) is 128 Å². The fourth-order valence-electron chi connectivity index (χ4n) is 5.77. The van der Waals surface area contributed by atoms with Crippen molar-refractivity contribution in [2.45, 2.75) is 167 Å². The predicted molar refractivity (Wildman–Crippen MR) is 154 cm³/mol. The second kappa shape index (κ2) is 22.6. The Bertz CT molecular complexity index is 523. The van der Waals surface area contributed by atoms with E-state index in [9.17, 15) is 0 Å². The molecule has 2 nitrogen and oxygen atoms in total. The van der Waals surface area contributed by atoms with E-state index in [1.807, 2.05) is 0 Å². The zero-order chi connectivity index (χ0) is 24.0. The Morgan fingerprint density at radius 3 is 1.32 bits per heavy atom. The fraction of sp³-hybridized carbons (Fsp3) is 0.812. The van der Waals surface area contributed by atoms with Crippen molar-refractivity contribution in [3.05, 3.63) is 35.9 Å². The Hall–Kier alpha value is -0.860. The van der Waals surface area contributed by atoms with Crippen LogP contribution in [0.4, 0.5) is 0 Å². The number of benzene rings is 1. The van der Waals surface area contributed by atoms with Gasteiger partial charge in [-0.15, -0.1) is 0 Å². The van der Waals surface area contributed by atoms with Gasteiger partial charge in [-0.1, -0.05) is 167 Å². The van der Waals surface area contributed by atoms with Crippen LogP contribution in [0, 0.1) is 0 Å². The van der Waals surface area contributed by atoms with Gasteiger partial charge in [-0.05, 0) is 24.8 Å². The molecule has 0 fully saturated rings. The van der Waals surface area contributed by atoms with Crippen molar-refractivity contribution in [2.24, 2.45) is 5.73 Å². The van der Waals surface area contributed by atoms with Crippen LogP contribution < -0.4 is 5.73 Å². The van der Waals surface area contributed by atoms with Gasteiger partial charge < -0.3 is 11.2 Å². The van der Waals surface area contributed by atoms with Gasteiger partial charge >= 0.3 is 0 Å². The SMILES string of the molecule is CCCCCCCCCCCCCCCCCCC(c1ccccc1)C(N)(CCC)CCC.O. The van der Waals surface area contributed by atoms with E-state index in [2.05, 4.69) is 51.1 Å². The lowest BCUT2D eigenvalue weighted by atomic mass is 9.72. The van der Waals surface area contributed by atoms with Gasteiger partial charge in [-0.25, -0.2) is 0 Å². The topological polar surface area (TPSA) is 57.5 Å². The molecule has 0 bridgehead atoms. The van der Waals surface area contributed by atoms with Crippen LogP contribution in [-0.4, -0.2) is 11.0 Å². The van der Waals surface area contributed by atoms with E-state index in [-0.39, 0.29) is 11.0 Å². The van der Waals surface area contributed by atoms with E-state index in [0.29, 0.717) is 5.92 Å². The molecule has 200 valence electrons. The third-order valence-electron chi connectivity index (χ3n) is 7.67. The maximum atomic E-state index is 7.06. The first-order chi connectivity index (χ1) is 16.2. The third-order valence-corrected chi connectivity index (χ3v) is 7.67. The quantitative estimate of drug-likeness (QED) is 0.157. The van der Waals surface area contributed by atoms with Gasteiger partial charge in [-0.2, -0.15) is 0 Å². The Morgan fingerprint density at radius 1 is 0.559 bits per heavy atom. The third kappa shape index (κ3) is 15.2. The summed E-state index contributed by atoms with van der Waals surface area (Å²) in [6, 6.07) is 11.1. The molecule has 0 aromatic heterocycles. The molecule has 1 unspecified atom stereocenters. The van der Waals surface area contributed by atoms with Crippen LogP contribution in [0.2, 0.25) is 0 Å². The molecule has 0 aliphatic rings. The molecule has 2 heteroatoms. The van der Waals surface area contributed by atoms with Crippen LogP contribution in [0.3, 0.4) is 0 Å². The highest BCUT2D eigenvalue weighted by molar-refractivity contribution is 5.24. The van der Waals surface area contributed by atoms with Gasteiger partial charge in [0.2, 0.25) is 0 Å².